The minimum atomic E-state index is -0.520. The summed E-state index contributed by atoms with van der Waals surface area (Å²) in [6, 6.07) is 4.34. The molecule has 1 N–H and O–H groups in total. The Labute approximate surface area is 131 Å². The summed E-state index contributed by atoms with van der Waals surface area (Å²) in [6.45, 7) is 0.141. The van der Waals surface area contributed by atoms with Crippen molar-refractivity contribution in [2.75, 3.05) is 13.2 Å². The number of benzene rings is 1. The number of nitro groups is 1. The van der Waals surface area contributed by atoms with Crippen LogP contribution in [0.25, 0.3) is 0 Å². The standard InChI is InChI=1S/C14H17BrN2O4/c15-11-7-10(8-13(9-11)17(20)21)14(19)16(5-6-18)12-3-1-2-4-12/h7-9,12,18H,1-6H2. The predicted molar refractivity (Wildman–Crippen MR) is 81.2 cm³/mol. The van der Waals surface area contributed by atoms with Crippen molar-refractivity contribution in [3.63, 3.8) is 0 Å². The summed E-state index contributed by atoms with van der Waals surface area (Å²) < 4.78 is 0.496. The van der Waals surface area contributed by atoms with Crippen LogP contribution in [0.4, 0.5) is 5.69 Å². The van der Waals surface area contributed by atoms with Crippen molar-refractivity contribution in [2.24, 2.45) is 0 Å². The second-order valence-corrected chi connectivity index (χ2v) is 6.03. The first-order valence-corrected chi connectivity index (χ1v) is 7.69. The van der Waals surface area contributed by atoms with Gasteiger partial charge in [0.2, 0.25) is 0 Å². The molecule has 0 unspecified atom stereocenters. The fourth-order valence-electron chi connectivity index (χ4n) is 2.74. The van der Waals surface area contributed by atoms with Gasteiger partial charge in [-0.25, -0.2) is 0 Å². The normalized spacial score (nSPS) is 15.1. The fraction of sp³-hybridized carbons (Fsp3) is 0.500. The van der Waals surface area contributed by atoms with E-state index in [9.17, 15) is 20.0 Å². The molecule has 7 heteroatoms. The van der Waals surface area contributed by atoms with Gasteiger partial charge in [0, 0.05) is 34.8 Å². The van der Waals surface area contributed by atoms with Gasteiger partial charge < -0.3 is 10.0 Å². The molecule has 0 heterocycles. The number of carbonyl (C=O) groups is 1. The Bertz CT molecular complexity index is 544. The van der Waals surface area contributed by atoms with Crippen LogP contribution in [-0.2, 0) is 0 Å². The minimum absolute atomic E-state index is 0.113. The molecule has 114 valence electrons. The maximum absolute atomic E-state index is 12.6. The van der Waals surface area contributed by atoms with E-state index in [-0.39, 0.29) is 36.4 Å². The summed E-state index contributed by atoms with van der Waals surface area (Å²) in [5.74, 6) is -0.264. The smallest absolute Gasteiger partial charge is 0.271 e. The first-order valence-electron chi connectivity index (χ1n) is 6.89. The third-order valence-corrected chi connectivity index (χ3v) is 4.17. The Morgan fingerprint density at radius 2 is 2.05 bits per heavy atom. The molecule has 2 rings (SSSR count). The third kappa shape index (κ3) is 3.79. The largest absolute Gasteiger partial charge is 0.395 e. The molecule has 1 saturated carbocycles. The summed E-state index contributed by atoms with van der Waals surface area (Å²) in [6.07, 6.45) is 3.97. The molecule has 0 atom stereocenters. The van der Waals surface area contributed by atoms with Gasteiger partial charge in [0.15, 0.2) is 0 Å². The number of halogens is 1. The number of rotatable bonds is 5. The highest BCUT2D eigenvalue weighted by molar-refractivity contribution is 9.10. The lowest BCUT2D eigenvalue weighted by Crippen LogP contribution is -2.40. The van der Waals surface area contributed by atoms with Crippen LogP contribution in [-0.4, -0.2) is 40.0 Å². The molecule has 0 aliphatic heterocycles. The highest BCUT2D eigenvalue weighted by atomic mass is 79.9. The SMILES string of the molecule is O=C(c1cc(Br)cc([N+](=O)[O-])c1)N(CCO)C1CCCC1. The molecule has 0 spiro atoms. The van der Waals surface area contributed by atoms with Crippen LogP contribution in [0.3, 0.4) is 0 Å². The number of amides is 1. The van der Waals surface area contributed by atoms with Gasteiger partial charge in [0.05, 0.1) is 11.5 Å². The number of hydrogen-bond acceptors (Lipinski definition) is 4. The van der Waals surface area contributed by atoms with Gasteiger partial charge in [0.1, 0.15) is 0 Å². The number of carbonyl (C=O) groups excluding carboxylic acids is 1. The number of hydrogen-bond donors (Lipinski definition) is 1. The van der Waals surface area contributed by atoms with Crippen LogP contribution in [0, 0.1) is 10.1 Å². The Morgan fingerprint density at radius 1 is 1.38 bits per heavy atom. The summed E-state index contributed by atoms with van der Waals surface area (Å²) in [4.78, 5) is 24.6. The predicted octanol–water partition coefficient (Wildman–Crippen LogP) is 2.73. The van der Waals surface area contributed by atoms with Crippen molar-refractivity contribution in [1.29, 1.82) is 0 Å². The van der Waals surface area contributed by atoms with E-state index in [1.165, 1.54) is 12.1 Å². The third-order valence-electron chi connectivity index (χ3n) is 3.71. The minimum Gasteiger partial charge on any atom is -0.395 e. The molecule has 1 fully saturated rings. The molecule has 1 aromatic rings. The van der Waals surface area contributed by atoms with Crippen LogP contribution in [0.15, 0.2) is 22.7 Å². The molecule has 0 radical (unpaired) electrons. The van der Waals surface area contributed by atoms with Gasteiger partial charge >= 0.3 is 0 Å². The summed E-state index contributed by atoms with van der Waals surface area (Å²) in [7, 11) is 0. The molecule has 0 bridgehead atoms. The van der Waals surface area contributed by atoms with E-state index < -0.39 is 4.92 Å². The van der Waals surface area contributed by atoms with Crippen LogP contribution >= 0.6 is 15.9 Å². The van der Waals surface area contributed by atoms with Crippen LogP contribution in [0.1, 0.15) is 36.0 Å². The van der Waals surface area contributed by atoms with Crippen molar-refractivity contribution in [3.8, 4) is 0 Å². The van der Waals surface area contributed by atoms with Crippen molar-refractivity contribution in [1.82, 2.24) is 4.90 Å². The monoisotopic (exact) mass is 356 g/mol. The van der Waals surface area contributed by atoms with Crippen molar-refractivity contribution < 1.29 is 14.8 Å². The Morgan fingerprint density at radius 3 is 2.62 bits per heavy atom. The lowest BCUT2D eigenvalue weighted by Gasteiger charge is -2.28. The first kappa shape index (κ1) is 15.9. The summed E-state index contributed by atoms with van der Waals surface area (Å²) >= 11 is 3.20. The van der Waals surface area contributed by atoms with Gasteiger partial charge in [0.25, 0.3) is 11.6 Å². The highest BCUT2D eigenvalue weighted by Gasteiger charge is 2.28. The molecule has 1 aliphatic carbocycles. The van der Waals surface area contributed by atoms with E-state index >= 15 is 0 Å². The fourth-order valence-corrected chi connectivity index (χ4v) is 3.22. The maximum Gasteiger partial charge on any atom is 0.271 e. The molecule has 1 amide bonds. The maximum atomic E-state index is 12.6. The quantitative estimate of drug-likeness (QED) is 0.649. The number of nitrogens with zero attached hydrogens (tertiary/aromatic N) is 2. The molecule has 0 saturated heterocycles. The zero-order valence-electron chi connectivity index (χ0n) is 11.5. The number of nitro benzene ring substituents is 1. The van der Waals surface area contributed by atoms with Crippen molar-refractivity contribution in [2.45, 2.75) is 31.7 Å². The summed E-state index contributed by atoms with van der Waals surface area (Å²) in [5.41, 5.74) is 0.152. The lowest BCUT2D eigenvalue weighted by atomic mass is 10.1. The van der Waals surface area contributed by atoms with E-state index in [1.807, 2.05) is 0 Å². The average Bonchev–Trinajstić information content (AvgIpc) is 2.97. The van der Waals surface area contributed by atoms with E-state index in [0.717, 1.165) is 25.7 Å². The van der Waals surface area contributed by atoms with Crippen molar-refractivity contribution >= 4 is 27.5 Å². The number of non-ortho nitro benzene ring substituents is 1. The van der Waals surface area contributed by atoms with Gasteiger partial charge in [-0.05, 0) is 18.9 Å². The van der Waals surface area contributed by atoms with Crippen LogP contribution in [0.5, 0.6) is 0 Å². The number of aliphatic hydroxyl groups excluding tert-OH is 1. The van der Waals surface area contributed by atoms with Gasteiger partial charge in [-0.2, -0.15) is 0 Å². The Hall–Kier alpha value is -1.47. The lowest BCUT2D eigenvalue weighted by molar-refractivity contribution is -0.385. The van der Waals surface area contributed by atoms with Gasteiger partial charge in [-0.3, -0.25) is 14.9 Å². The van der Waals surface area contributed by atoms with E-state index in [4.69, 9.17) is 0 Å². The van der Waals surface area contributed by atoms with E-state index in [1.54, 1.807) is 11.0 Å². The van der Waals surface area contributed by atoms with Crippen molar-refractivity contribution in [3.05, 3.63) is 38.3 Å². The van der Waals surface area contributed by atoms with Gasteiger partial charge in [-0.1, -0.05) is 28.8 Å². The van der Waals surface area contributed by atoms with Crippen LogP contribution in [0.2, 0.25) is 0 Å². The molecule has 0 aromatic heterocycles. The molecule has 21 heavy (non-hydrogen) atoms. The first-order chi connectivity index (χ1) is 10.0. The highest BCUT2D eigenvalue weighted by Crippen LogP contribution is 2.27. The topological polar surface area (TPSA) is 83.7 Å². The zero-order chi connectivity index (χ0) is 15.4. The second-order valence-electron chi connectivity index (χ2n) is 5.12. The van der Waals surface area contributed by atoms with E-state index in [0.29, 0.717) is 4.47 Å². The van der Waals surface area contributed by atoms with Gasteiger partial charge in [-0.15, -0.1) is 0 Å². The molecular formula is C14H17BrN2O4. The molecule has 6 nitrogen and oxygen atoms in total. The Kier molecular flexibility index (Phi) is 5.30. The van der Waals surface area contributed by atoms with E-state index in [2.05, 4.69) is 15.9 Å². The zero-order valence-corrected chi connectivity index (χ0v) is 13.1. The molecule has 1 aliphatic rings. The molecule has 1 aromatic carbocycles. The molecular weight excluding hydrogens is 340 g/mol. The average molecular weight is 357 g/mol. The second kappa shape index (κ2) is 7.00. The summed E-state index contributed by atoms with van der Waals surface area (Å²) in [5, 5.41) is 20.1. The van der Waals surface area contributed by atoms with Crippen LogP contribution < -0.4 is 0 Å². The Balaban J connectivity index is 2.29. The number of aliphatic hydroxyl groups is 1.